The van der Waals surface area contributed by atoms with Crippen molar-refractivity contribution in [3.63, 3.8) is 0 Å². The summed E-state index contributed by atoms with van der Waals surface area (Å²) in [6, 6.07) is 15.1. The first-order valence-corrected chi connectivity index (χ1v) is 13.1. The van der Waals surface area contributed by atoms with Crippen molar-refractivity contribution in [1.29, 1.82) is 0 Å². The molecular weight excluding hydrogens is 488 g/mol. The van der Waals surface area contributed by atoms with Crippen molar-refractivity contribution in [3.05, 3.63) is 100 Å². The zero-order valence-corrected chi connectivity index (χ0v) is 21.0. The minimum absolute atomic E-state index is 0.0402. The summed E-state index contributed by atoms with van der Waals surface area (Å²) in [6.45, 7) is 3.29. The summed E-state index contributed by atoms with van der Waals surface area (Å²) in [5, 5.41) is 15.1. The molecule has 0 unspecified atom stereocenters. The van der Waals surface area contributed by atoms with Gasteiger partial charge in [-0.1, -0.05) is 53.4 Å². The number of benzene rings is 2. The van der Waals surface area contributed by atoms with Crippen LogP contribution in [0.5, 0.6) is 0 Å². The van der Waals surface area contributed by atoms with Crippen molar-refractivity contribution in [2.45, 2.75) is 24.9 Å². The van der Waals surface area contributed by atoms with Crippen molar-refractivity contribution in [1.82, 2.24) is 4.57 Å². The van der Waals surface area contributed by atoms with Gasteiger partial charge in [0.1, 0.15) is 14.2 Å². The van der Waals surface area contributed by atoms with E-state index in [-0.39, 0.29) is 11.2 Å². The number of aromatic nitrogens is 2. The molecule has 5 rings (SSSR count). The van der Waals surface area contributed by atoms with Gasteiger partial charge in [0.15, 0.2) is 12.7 Å². The number of rotatable bonds is 5. The molecule has 0 spiro atoms. The lowest BCUT2D eigenvalue weighted by molar-refractivity contribution is -0.685. The third-order valence-electron chi connectivity index (χ3n) is 5.60. The highest BCUT2D eigenvalue weighted by atomic mass is 32.2. The molecule has 7 nitrogen and oxygen atoms in total. The average Bonchev–Trinajstić information content (AvgIpc) is 3.50. The standard InChI is InChI=1S/C24H21N4O3S3/c1-3-27-21(14-20-26(11-12-32-20)15-16-7-5-4-6-8-16)34-22(23(27)29)24-25(2)18-10-9-17(28(30)31)13-19(18)33-24/h4-14H,3,15H2,1-2H3/q+1/b24-22+. The Morgan fingerprint density at radius 1 is 1.18 bits per heavy atom. The topological polar surface area (TPSA) is 72.3 Å². The highest BCUT2D eigenvalue weighted by molar-refractivity contribution is 8.08. The highest BCUT2D eigenvalue weighted by Crippen LogP contribution is 2.46. The second kappa shape index (κ2) is 9.21. The van der Waals surface area contributed by atoms with Gasteiger partial charge in [0.25, 0.3) is 16.3 Å². The summed E-state index contributed by atoms with van der Waals surface area (Å²) in [6.07, 6.45) is 4.14. The fourth-order valence-electron chi connectivity index (χ4n) is 3.87. The molecule has 172 valence electrons. The maximum Gasteiger partial charge on any atom is 0.271 e. The molecule has 0 fully saturated rings. The first-order chi connectivity index (χ1) is 16.5. The Balaban J connectivity index is 1.60. The van der Waals surface area contributed by atoms with E-state index in [0.29, 0.717) is 11.1 Å². The second-order valence-electron chi connectivity index (χ2n) is 7.69. The Bertz CT molecular complexity index is 1570. The van der Waals surface area contributed by atoms with E-state index in [1.54, 1.807) is 28.0 Å². The van der Waals surface area contributed by atoms with E-state index in [1.165, 1.54) is 34.7 Å². The monoisotopic (exact) mass is 509 g/mol. The van der Waals surface area contributed by atoms with Gasteiger partial charge in [-0.05, 0) is 13.0 Å². The summed E-state index contributed by atoms with van der Waals surface area (Å²) in [7, 11) is 1.89. The summed E-state index contributed by atoms with van der Waals surface area (Å²) in [4.78, 5) is 26.9. The van der Waals surface area contributed by atoms with Crippen LogP contribution >= 0.6 is 34.4 Å². The van der Waals surface area contributed by atoms with Crippen molar-refractivity contribution in [2.24, 2.45) is 0 Å². The number of nitrogens with zero attached hydrogens (tertiary/aromatic N) is 4. The van der Waals surface area contributed by atoms with Crippen molar-refractivity contribution >= 4 is 56.9 Å². The van der Waals surface area contributed by atoms with Crippen molar-refractivity contribution in [3.8, 4) is 0 Å². The number of thioether (sulfide) groups is 1. The van der Waals surface area contributed by atoms with E-state index in [4.69, 9.17) is 0 Å². The molecule has 0 aliphatic carbocycles. The van der Waals surface area contributed by atoms with Gasteiger partial charge in [0, 0.05) is 36.2 Å². The van der Waals surface area contributed by atoms with Crippen LogP contribution in [-0.4, -0.2) is 16.5 Å². The maximum absolute atomic E-state index is 13.4. The fourth-order valence-corrected chi connectivity index (χ4v) is 7.22. The molecule has 10 heteroatoms. The predicted octanol–water partition coefficient (Wildman–Crippen LogP) is 3.37. The van der Waals surface area contributed by atoms with Crippen LogP contribution in [0.25, 0.3) is 11.1 Å². The predicted molar refractivity (Wildman–Crippen MR) is 138 cm³/mol. The van der Waals surface area contributed by atoms with Crippen molar-refractivity contribution in [2.75, 3.05) is 11.9 Å². The van der Waals surface area contributed by atoms with E-state index in [9.17, 15) is 14.9 Å². The fraction of sp³-hybridized carbons (Fsp3) is 0.167. The lowest BCUT2D eigenvalue weighted by Crippen LogP contribution is -2.36. The zero-order valence-electron chi connectivity index (χ0n) is 18.5. The minimum Gasteiger partial charge on any atom is -0.337 e. The molecule has 0 saturated carbocycles. The lowest BCUT2D eigenvalue weighted by atomic mass is 10.2. The van der Waals surface area contributed by atoms with Crippen LogP contribution < -0.4 is 24.2 Å². The molecule has 1 aliphatic rings. The number of nitro benzene ring substituents is 1. The van der Waals surface area contributed by atoms with E-state index in [0.717, 1.165) is 31.8 Å². The second-order valence-corrected chi connectivity index (χ2v) is 10.7. The normalized spacial score (nSPS) is 15.1. The number of non-ortho nitro benzene ring substituents is 1. The molecule has 0 N–H and O–H groups in total. The molecule has 0 atom stereocenters. The van der Waals surface area contributed by atoms with Gasteiger partial charge in [-0.25, -0.2) is 0 Å². The summed E-state index contributed by atoms with van der Waals surface area (Å²) in [5.41, 5.74) is 2.09. The summed E-state index contributed by atoms with van der Waals surface area (Å²) >= 11 is 4.51. The molecule has 2 aromatic heterocycles. The smallest absolute Gasteiger partial charge is 0.271 e. The molecule has 1 aliphatic heterocycles. The maximum atomic E-state index is 13.4. The SMILES string of the molecule is CCn1c(=O)/c(=C2\Sc3cc([N+](=O)[O-])ccc3N2C)s/c1=C\c1scc[n+]1Cc1ccccc1. The number of hydrogen-bond donors (Lipinski definition) is 0. The molecule has 0 saturated heterocycles. The van der Waals surface area contributed by atoms with Crippen molar-refractivity contribution < 1.29 is 9.49 Å². The van der Waals surface area contributed by atoms with E-state index in [1.807, 2.05) is 37.1 Å². The minimum atomic E-state index is -0.396. The first kappa shape index (κ1) is 22.6. The van der Waals surface area contributed by atoms with E-state index >= 15 is 0 Å². The van der Waals surface area contributed by atoms with Gasteiger partial charge < -0.3 is 4.90 Å². The number of nitro groups is 1. The van der Waals surface area contributed by atoms with Crippen LogP contribution in [0.2, 0.25) is 0 Å². The molecule has 0 bridgehead atoms. The van der Waals surface area contributed by atoms with Gasteiger partial charge in [-0.3, -0.25) is 19.5 Å². The Hall–Kier alpha value is -3.21. The largest absolute Gasteiger partial charge is 0.337 e. The quantitative estimate of drug-likeness (QED) is 0.234. The third kappa shape index (κ3) is 4.08. The number of thiazole rings is 2. The molecule has 0 amide bonds. The van der Waals surface area contributed by atoms with E-state index < -0.39 is 4.92 Å². The van der Waals surface area contributed by atoms with Crippen LogP contribution in [0, 0.1) is 10.1 Å². The van der Waals surface area contributed by atoms with Gasteiger partial charge in [-0.2, -0.15) is 4.57 Å². The summed E-state index contributed by atoms with van der Waals surface area (Å²) < 4.78 is 5.50. The summed E-state index contributed by atoms with van der Waals surface area (Å²) in [5.74, 6) is 0. The van der Waals surface area contributed by atoms with Gasteiger partial charge in [0.05, 0.1) is 22.1 Å². The number of fused-ring (bicyclic) bond motifs is 1. The average molecular weight is 510 g/mol. The third-order valence-corrected chi connectivity index (χ3v) is 8.92. The van der Waals surface area contributed by atoms with Gasteiger partial charge in [0.2, 0.25) is 0 Å². The zero-order chi connectivity index (χ0) is 23.8. The first-order valence-electron chi connectivity index (χ1n) is 10.6. The van der Waals surface area contributed by atoms with Crippen LogP contribution in [0.3, 0.4) is 0 Å². The molecule has 0 radical (unpaired) electrons. The van der Waals surface area contributed by atoms with Gasteiger partial charge in [-0.15, -0.1) is 11.3 Å². The molecular formula is C24H21N4O3S3+. The van der Waals surface area contributed by atoms with Crippen LogP contribution in [0.1, 0.15) is 17.5 Å². The molecule has 34 heavy (non-hydrogen) atoms. The highest BCUT2D eigenvalue weighted by Gasteiger charge is 2.27. The lowest BCUT2D eigenvalue weighted by Gasteiger charge is -2.11. The Morgan fingerprint density at radius 3 is 2.71 bits per heavy atom. The Kier molecular flexibility index (Phi) is 6.11. The Labute approximate surface area is 207 Å². The Morgan fingerprint density at radius 2 is 1.97 bits per heavy atom. The van der Waals surface area contributed by atoms with E-state index in [2.05, 4.69) is 34.4 Å². The number of anilines is 1. The molecule has 3 heterocycles. The molecule has 4 aromatic rings. The van der Waals surface area contributed by atoms with Crippen LogP contribution in [-0.2, 0) is 13.1 Å². The van der Waals surface area contributed by atoms with Gasteiger partial charge >= 0.3 is 0 Å². The van der Waals surface area contributed by atoms with Crippen LogP contribution in [0.15, 0.2) is 69.8 Å². The molecule has 2 aromatic carbocycles. The number of hydrogen-bond acceptors (Lipinski definition) is 7. The van der Waals surface area contributed by atoms with Crippen LogP contribution in [0.4, 0.5) is 11.4 Å².